The normalized spacial score (nSPS) is 29.5. The molecule has 2 fully saturated rings. The smallest absolute Gasteiger partial charge is 0.310 e. The molecule has 2 saturated heterocycles. The van der Waals surface area contributed by atoms with Crippen LogP contribution in [0.5, 0.6) is 0 Å². The monoisotopic (exact) mass is 427 g/mol. The highest BCUT2D eigenvalue weighted by atomic mass is 127. The van der Waals surface area contributed by atoms with E-state index in [0.717, 1.165) is 19.3 Å². The summed E-state index contributed by atoms with van der Waals surface area (Å²) in [6, 6.07) is 7.66. The molecular weight excluding hydrogens is 401 g/mol. The highest BCUT2D eigenvalue weighted by Gasteiger charge is 2.46. The summed E-state index contributed by atoms with van der Waals surface area (Å²) in [6.07, 6.45) is 6.91. The number of carbonyl (C=O) groups is 1. The Hall–Kier alpha value is -0.620. The van der Waals surface area contributed by atoms with E-state index in [1.54, 1.807) is 0 Å². The maximum atomic E-state index is 12.4. The van der Waals surface area contributed by atoms with Gasteiger partial charge in [-0.15, -0.1) is 0 Å². The molecule has 1 N–H and O–H groups in total. The number of carbonyl (C=O) groups excluding carboxylic acids is 1. The zero-order chi connectivity index (χ0) is 16.4. The van der Waals surface area contributed by atoms with Crippen molar-refractivity contribution in [1.82, 2.24) is 5.32 Å². The molecule has 1 aromatic rings. The van der Waals surface area contributed by atoms with Crippen LogP contribution < -0.4 is 5.32 Å². The van der Waals surface area contributed by atoms with Gasteiger partial charge in [0.05, 0.1) is 13.0 Å². The lowest BCUT2D eigenvalue weighted by Gasteiger charge is -2.36. The molecule has 0 radical (unpaired) electrons. The molecule has 0 saturated carbocycles. The predicted octanol–water partition coefficient (Wildman–Crippen LogP) is 4.03. The Labute approximate surface area is 152 Å². The Bertz CT molecular complexity index is 574. The number of rotatable bonds is 5. The van der Waals surface area contributed by atoms with Gasteiger partial charge in [0.15, 0.2) is 0 Å². The number of hydrogen-bond donors (Lipinski definition) is 1. The van der Waals surface area contributed by atoms with Crippen molar-refractivity contribution >= 4 is 28.6 Å². The topological polar surface area (TPSA) is 38.3 Å². The van der Waals surface area contributed by atoms with Crippen LogP contribution in [0.4, 0.5) is 0 Å². The Morgan fingerprint density at radius 1 is 1.39 bits per heavy atom. The lowest BCUT2D eigenvalue weighted by molar-refractivity contribution is -0.148. The Morgan fingerprint density at radius 3 is 2.91 bits per heavy atom. The van der Waals surface area contributed by atoms with Gasteiger partial charge in [0, 0.05) is 21.6 Å². The third-order valence-electron chi connectivity index (χ3n) is 5.46. The van der Waals surface area contributed by atoms with Gasteiger partial charge in [0.1, 0.15) is 0 Å². The molecule has 3 rings (SSSR count). The van der Waals surface area contributed by atoms with Crippen molar-refractivity contribution in [3.63, 3.8) is 0 Å². The first kappa shape index (κ1) is 17.2. The van der Waals surface area contributed by atoms with Gasteiger partial charge in [-0.25, -0.2) is 0 Å². The van der Waals surface area contributed by atoms with Crippen molar-refractivity contribution in [2.75, 3.05) is 7.11 Å². The van der Waals surface area contributed by atoms with E-state index in [1.807, 2.05) is 0 Å². The molecule has 1 aromatic carbocycles. The fourth-order valence-corrected chi connectivity index (χ4v) is 5.03. The third-order valence-corrected chi connectivity index (χ3v) is 6.46. The van der Waals surface area contributed by atoms with Crippen molar-refractivity contribution in [2.45, 2.75) is 63.5 Å². The standard InChI is InChI=1S/C19H26INO2/c1-3-4-5-12-6-7-13(10-16(12)20)15-11-14-8-9-17(21-14)18(15)19(22)23-2/h6-7,10,14-15,17-18,21H,3-5,8-9,11H2,1-2H3/t14-,15+,17+,18-/m0/s1. The van der Waals surface area contributed by atoms with Crippen LogP contribution in [0.3, 0.4) is 0 Å². The molecule has 0 aromatic heterocycles. The van der Waals surface area contributed by atoms with E-state index in [-0.39, 0.29) is 23.8 Å². The minimum atomic E-state index is -0.0575. The zero-order valence-corrected chi connectivity index (χ0v) is 16.1. The van der Waals surface area contributed by atoms with Crippen molar-refractivity contribution < 1.29 is 9.53 Å². The van der Waals surface area contributed by atoms with Gasteiger partial charge in [0.2, 0.25) is 0 Å². The molecule has 23 heavy (non-hydrogen) atoms. The molecule has 3 nitrogen and oxygen atoms in total. The van der Waals surface area contributed by atoms with E-state index in [2.05, 4.69) is 53.0 Å². The summed E-state index contributed by atoms with van der Waals surface area (Å²) < 4.78 is 6.45. The molecule has 2 bridgehead atoms. The first-order valence-electron chi connectivity index (χ1n) is 8.76. The molecule has 0 amide bonds. The molecule has 2 aliphatic rings. The fourth-order valence-electron chi connectivity index (χ4n) is 4.23. The number of methoxy groups -OCH3 is 1. The van der Waals surface area contributed by atoms with Crippen molar-refractivity contribution in [3.8, 4) is 0 Å². The summed E-state index contributed by atoms with van der Waals surface area (Å²) in [6.45, 7) is 2.23. The largest absolute Gasteiger partial charge is 0.469 e. The zero-order valence-electron chi connectivity index (χ0n) is 14.0. The second kappa shape index (κ2) is 7.51. The number of unbranched alkanes of at least 4 members (excludes halogenated alkanes) is 1. The summed E-state index contributed by atoms with van der Waals surface area (Å²) in [5.41, 5.74) is 2.74. The highest BCUT2D eigenvalue weighted by Crippen LogP contribution is 2.42. The molecule has 126 valence electrons. The van der Waals surface area contributed by atoms with Crippen LogP contribution in [-0.2, 0) is 16.0 Å². The van der Waals surface area contributed by atoms with Gasteiger partial charge in [0.25, 0.3) is 0 Å². The van der Waals surface area contributed by atoms with E-state index in [1.165, 1.54) is 41.1 Å². The SMILES string of the molecule is CCCCc1ccc([C@H]2C[C@@H]3CC[C@@H](N3)[C@H]2C(=O)OC)cc1I. The van der Waals surface area contributed by atoms with Crippen LogP contribution in [0, 0.1) is 9.49 Å². The fraction of sp³-hybridized carbons (Fsp3) is 0.632. The number of ether oxygens (including phenoxy) is 1. The minimum absolute atomic E-state index is 0.0453. The number of benzene rings is 1. The van der Waals surface area contributed by atoms with Gasteiger partial charge in [-0.05, 0) is 71.9 Å². The summed E-state index contributed by atoms with van der Waals surface area (Å²) in [5.74, 6) is 0.184. The summed E-state index contributed by atoms with van der Waals surface area (Å²) in [4.78, 5) is 12.4. The number of halogens is 1. The molecule has 2 heterocycles. The first-order chi connectivity index (χ1) is 11.1. The van der Waals surface area contributed by atoms with E-state index < -0.39 is 0 Å². The molecule has 2 aliphatic heterocycles. The Kier molecular flexibility index (Phi) is 5.62. The van der Waals surface area contributed by atoms with E-state index in [4.69, 9.17) is 4.74 Å². The van der Waals surface area contributed by atoms with Gasteiger partial charge < -0.3 is 10.1 Å². The molecule has 0 unspecified atom stereocenters. The van der Waals surface area contributed by atoms with Crippen molar-refractivity contribution in [2.24, 2.45) is 5.92 Å². The number of fused-ring (bicyclic) bond motifs is 2. The number of nitrogens with one attached hydrogen (secondary N) is 1. The predicted molar refractivity (Wildman–Crippen MR) is 101 cm³/mol. The van der Waals surface area contributed by atoms with Crippen molar-refractivity contribution in [1.29, 1.82) is 0 Å². The second-order valence-corrected chi connectivity index (χ2v) is 8.06. The second-order valence-electron chi connectivity index (χ2n) is 6.89. The average molecular weight is 427 g/mol. The third kappa shape index (κ3) is 3.58. The number of aryl methyl sites for hydroxylation is 1. The Morgan fingerprint density at radius 2 is 2.22 bits per heavy atom. The maximum Gasteiger partial charge on any atom is 0.310 e. The van der Waals surface area contributed by atoms with E-state index in [0.29, 0.717) is 6.04 Å². The molecule has 0 spiro atoms. The van der Waals surface area contributed by atoms with Gasteiger partial charge in [-0.3, -0.25) is 4.79 Å². The van der Waals surface area contributed by atoms with Gasteiger partial charge in [-0.2, -0.15) is 0 Å². The summed E-state index contributed by atoms with van der Waals surface area (Å²) >= 11 is 2.45. The molecule has 4 atom stereocenters. The molecule has 4 heteroatoms. The molecular formula is C19H26INO2. The van der Waals surface area contributed by atoms with Crippen molar-refractivity contribution in [3.05, 3.63) is 32.9 Å². The minimum Gasteiger partial charge on any atom is -0.469 e. The van der Waals surface area contributed by atoms with Gasteiger partial charge >= 0.3 is 5.97 Å². The first-order valence-corrected chi connectivity index (χ1v) is 9.84. The van der Waals surface area contributed by atoms with E-state index >= 15 is 0 Å². The lowest BCUT2D eigenvalue weighted by atomic mass is 9.77. The Balaban J connectivity index is 1.86. The van der Waals surface area contributed by atoms with Crippen LogP contribution in [0.15, 0.2) is 18.2 Å². The number of esters is 1. The maximum absolute atomic E-state index is 12.4. The lowest BCUT2D eigenvalue weighted by Crippen LogP contribution is -2.48. The van der Waals surface area contributed by atoms with Crippen LogP contribution in [0.1, 0.15) is 56.1 Å². The van der Waals surface area contributed by atoms with Gasteiger partial charge in [-0.1, -0.05) is 25.5 Å². The van der Waals surface area contributed by atoms with E-state index in [9.17, 15) is 4.79 Å². The number of hydrogen-bond acceptors (Lipinski definition) is 3. The quantitative estimate of drug-likeness (QED) is 0.570. The summed E-state index contributed by atoms with van der Waals surface area (Å²) in [5, 5.41) is 3.61. The number of piperidine rings is 1. The highest BCUT2D eigenvalue weighted by molar-refractivity contribution is 14.1. The van der Waals surface area contributed by atoms with Crippen LogP contribution in [-0.4, -0.2) is 25.2 Å². The molecule has 0 aliphatic carbocycles. The summed E-state index contributed by atoms with van der Waals surface area (Å²) in [7, 11) is 1.51. The van der Waals surface area contributed by atoms with Crippen LogP contribution in [0.25, 0.3) is 0 Å². The van der Waals surface area contributed by atoms with Crippen LogP contribution in [0.2, 0.25) is 0 Å². The average Bonchev–Trinajstić information content (AvgIpc) is 2.94. The van der Waals surface area contributed by atoms with Crippen LogP contribution >= 0.6 is 22.6 Å².